The monoisotopic (exact) mass is 190 g/mol. The van der Waals surface area contributed by atoms with Crippen molar-refractivity contribution < 1.29 is 9.22 Å². The maximum Gasteiger partial charge on any atom is 0.116 e. The molecule has 1 heterocycles. The lowest BCUT2D eigenvalue weighted by Gasteiger charge is -2.33. The Balaban J connectivity index is 2.32. The van der Waals surface area contributed by atoms with Gasteiger partial charge in [-0.2, -0.15) is 11.8 Å². The van der Waals surface area contributed by atoms with E-state index in [-0.39, 0.29) is 0 Å². The highest BCUT2D eigenvalue weighted by atomic mass is 32.2. The molecule has 0 unspecified atom stereocenters. The number of hydrogen-bond donors (Lipinski definition) is 0. The standard InChI is InChI=1S/C9H20NOS/c1-8-6-12-7-9(11-8)5-10(2,3)4/h8-9H,5-7H2,1-4H3/q+1/t8-,9-/m0/s1. The second-order valence-corrected chi connectivity index (χ2v) is 5.65. The zero-order valence-corrected chi connectivity index (χ0v) is 9.36. The molecule has 1 saturated heterocycles. The molecule has 0 saturated carbocycles. The predicted molar refractivity (Wildman–Crippen MR) is 54.6 cm³/mol. The molecule has 0 aromatic heterocycles. The quantitative estimate of drug-likeness (QED) is 0.605. The van der Waals surface area contributed by atoms with Crippen LogP contribution in [0.2, 0.25) is 0 Å². The molecule has 1 fully saturated rings. The minimum Gasteiger partial charge on any atom is -0.368 e. The van der Waals surface area contributed by atoms with Crippen molar-refractivity contribution in [2.45, 2.75) is 19.1 Å². The maximum atomic E-state index is 5.83. The van der Waals surface area contributed by atoms with Gasteiger partial charge < -0.3 is 9.22 Å². The van der Waals surface area contributed by atoms with Gasteiger partial charge in [-0.15, -0.1) is 0 Å². The molecular formula is C9H20NOS+. The Kier molecular flexibility index (Phi) is 3.44. The molecule has 0 radical (unpaired) electrons. The lowest BCUT2D eigenvalue weighted by molar-refractivity contribution is -0.873. The van der Waals surface area contributed by atoms with Gasteiger partial charge in [0, 0.05) is 11.5 Å². The van der Waals surface area contributed by atoms with Crippen LogP contribution < -0.4 is 0 Å². The average molecular weight is 190 g/mol. The Morgan fingerprint density at radius 3 is 2.50 bits per heavy atom. The van der Waals surface area contributed by atoms with Gasteiger partial charge in [0.25, 0.3) is 0 Å². The molecule has 0 spiro atoms. The normalized spacial score (nSPS) is 32.0. The molecule has 0 aromatic carbocycles. The fourth-order valence-electron chi connectivity index (χ4n) is 1.48. The molecule has 2 nitrogen and oxygen atoms in total. The van der Waals surface area contributed by atoms with E-state index in [2.05, 4.69) is 28.1 Å². The number of likely N-dealkylation sites (N-methyl/N-ethyl adjacent to an activating group) is 1. The van der Waals surface area contributed by atoms with E-state index in [4.69, 9.17) is 4.74 Å². The minimum atomic E-state index is 0.445. The molecule has 12 heavy (non-hydrogen) atoms. The Morgan fingerprint density at radius 2 is 2.00 bits per heavy atom. The molecule has 1 rings (SSSR count). The van der Waals surface area contributed by atoms with Crippen LogP contribution in [0.3, 0.4) is 0 Å². The first-order valence-electron chi connectivity index (χ1n) is 4.51. The van der Waals surface area contributed by atoms with Crippen LogP contribution in [-0.2, 0) is 4.74 Å². The fourth-order valence-corrected chi connectivity index (χ4v) is 2.47. The molecule has 3 heteroatoms. The van der Waals surface area contributed by atoms with Crippen molar-refractivity contribution in [1.29, 1.82) is 0 Å². The van der Waals surface area contributed by atoms with Crippen molar-refractivity contribution in [3.05, 3.63) is 0 Å². The van der Waals surface area contributed by atoms with E-state index in [0.29, 0.717) is 12.2 Å². The summed E-state index contributed by atoms with van der Waals surface area (Å²) in [6.45, 7) is 3.28. The molecule has 0 N–H and O–H groups in total. The summed E-state index contributed by atoms with van der Waals surface area (Å²) in [7, 11) is 6.65. The molecule has 0 bridgehead atoms. The number of thioether (sulfide) groups is 1. The van der Waals surface area contributed by atoms with E-state index in [9.17, 15) is 0 Å². The topological polar surface area (TPSA) is 9.23 Å². The van der Waals surface area contributed by atoms with Crippen LogP contribution in [0.5, 0.6) is 0 Å². The number of hydrogen-bond acceptors (Lipinski definition) is 2. The van der Waals surface area contributed by atoms with E-state index in [0.717, 1.165) is 16.8 Å². The van der Waals surface area contributed by atoms with E-state index < -0.39 is 0 Å². The summed E-state index contributed by atoms with van der Waals surface area (Å²) in [6, 6.07) is 0. The zero-order valence-electron chi connectivity index (χ0n) is 8.54. The molecule has 0 aromatic rings. The Labute approximate surface area is 79.9 Å². The van der Waals surface area contributed by atoms with Crippen molar-refractivity contribution in [3.63, 3.8) is 0 Å². The van der Waals surface area contributed by atoms with Gasteiger partial charge in [-0.3, -0.25) is 0 Å². The second-order valence-electron chi connectivity index (χ2n) is 4.58. The van der Waals surface area contributed by atoms with Crippen LogP contribution in [0.4, 0.5) is 0 Å². The highest BCUT2D eigenvalue weighted by molar-refractivity contribution is 7.99. The smallest absolute Gasteiger partial charge is 0.116 e. The van der Waals surface area contributed by atoms with Crippen molar-refractivity contribution in [3.8, 4) is 0 Å². The number of rotatable bonds is 2. The van der Waals surface area contributed by atoms with Gasteiger partial charge in [-0.25, -0.2) is 0 Å². The third-order valence-corrected chi connectivity index (χ3v) is 3.15. The zero-order chi connectivity index (χ0) is 9.19. The average Bonchev–Trinajstić information content (AvgIpc) is 1.82. The SMILES string of the molecule is C[C@H]1CSC[C@H](C[N+](C)(C)C)O1. The Morgan fingerprint density at radius 1 is 1.33 bits per heavy atom. The van der Waals surface area contributed by atoms with Crippen LogP contribution in [0.15, 0.2) is 0 Å². The molecule has 2 atom stereocenters. The first-order valence-corrected chi connectivity index (χ1v) is 5.66. The Bertz CT molecular complexity index is 144. The predicted octanol–water partition coefficient (Wildman–Crippen LogP) is 1.21. The highest BCUT2D eigenvalue weighted by Gasteiger charge is 2.24. The number of quaternary nitrogens is 1. The summed E-state index contributed by atoms with van der Waals surface area (Å²) in [4.78, 5) is 0. The van der Waals surface area contributed by atoms with Gasteiger partial charge in [0.1, 0.15) is 12.6 Å². The molecule has 72 valence electrons. The van der Waals surface area contributed by atoms with Crippen molar-refractivity contribution in [1.82, 2.24) is 0 Å². The van der Waals surface area contributed by atoms with Crippen LogP contribution in [0, 0.1) is 0 Å². The van der Waals surface area contributed by atoms with Crippen LogP contribution in [0.1, 0.15) is 6.92 Å². The van der Waals surface area contributed by atoms with Crippen LogP contribution in [0.25, 0.3) is 0 Å². The molecule has 1 aliphatic rings. The largest absolute Gasteiger partial charge is 0.368 e. The first kappa shape index (κ1) is 10.4. The van der Waals surface area contributed by atoms with Gasteiger partial charge >= 0.3 is 0 Å². The van der Waals surface area contributed by atoms with Gasteiger partial charge in [0.05, 0.1) is 27.2 Å². The second kappa shape index (κ2) is 3.99. The lowest BCUT2D eigenvalue weighted by atomic mass is 10.3. The van der Waals surface area contributed by atoms with E-state index in [1.54, 1.807) is 0 Å². The maximum absolute atomic E-state index is 5.83. The molecule has 1 aliphatic heterocycles. The minimum absolute atomic E-state index is 0.445. The fraction of sp³-hybridized carbons (Fsp3) is 1.00. The van der Waals surface area contributed by atoms with Gasteiger partial charge in [-0.05, 0) is 6.92 Å². The van der Waals surface area contributed by atoms with E-state index in [1.807, 2.05) is 11.8 Å². The van der Waals surface area contributed by atoms with E-state index >= 15 is 0 Å². The summed E-state index contributed by atoms with van der Waals surface area (Å²) in [5, 5.41) is 0. The third kappa shape index (κ3) is 3.78. The first-order chi connectivity index (χ1) is 5.47. The summed E-state index contributed by atoms with van der Waals surface area (Å²) in [5.41, 5.74) is 0. The Hall–Kier alpha value is 0.270. The summed E-state index contributed by atoms with van der Waals surface area (Å²) in [6.07, 6.45) is 0.902. The van der Waals surface area contributed by atoms with Gasteiger partial charge in [0.2, 0.25) is 0 Å². The van der Waals surface area contributed by atoms with Gasteiger partial charge in [-0.1, -0.05) is 0 Å². The molecular weight excluding hydrogens is 170 g/mol. The van der Waals surface area contributed by atoms with Crippen LogP contribution >= 0.6 is 11.8 Å². The summed E-state index contributed by atoms with van der Waals surface area (Å²) in [5.74, 6) is 2.33. The van der Waals surface area contributed by atoms with Crippen molar-refractivity contribution in [2.24, 2.45) is 0 Å². The van der Waals surface area contributed by atoms with Crippen molar-refractivity contribution >= 4 is 11.8 Å². The van der Waals surface area contributed by atoms with Gasteiger partial charge in [0.15, 0.2) is 0 Å². The molecule has 0 amide bonds. The molecule has 0 aliphatic carbocycles. The lowest BCUT2D eigenvalue weighted by Crippen LogP contribution is -2.46. The third-order valence-electron chi connectivity index (χ3n) is 1.83. The van der Waals surface area contributed by atoms with Crippen LogP contribution in [-0.4, -0.2) is 55.9 Å². The van der Waals surface area contributed by atoms with Crippen molar-refractivity contribution in [2.75, 3.05) is 39.2 Å². The van der Waals surface area contributed by atoms with E-state index in [1.165, 1.54) is 5.75 Å². The number of ether oxygens (including phenoxy) is 1. The summed E-state index contributed by atoms with van der Waals surface area (Å²) < 4.78 is 6.82. The summed E-state index contributed by atoms with van der Waals surface area (Å²) >= 11 is 2.02. The highest BCUT2D eigenvalue weighted by Crippen LogP contribution is 2.19. The number of nitrogens with zero attached hydrogens (tertiary/aromatic N) is 1.